The van der Waals surface area contributed by atoms with Gasteiger partial charge in [0.2, 0.25) is 11.8 Å². The molecule has 3 aliphatic heterocycles. The molecule has 5 aliphatic rings. The van der Waals surface area contributed by atoms with Gasteiger partial charge in [0.05, 0.1) is 43.1 Å². The van der Waals surface area contributed by atoms with Gasteiger partial charge in [-0.3, -0.25) is 9.59 Å². The van der Waals surface area contributed by atoms with E-state index >= 15 is 0 Å². The van der Waals surface area contributed by atoms with Gasteiger partial charge in [-0.1, -0.05) is 26.7 Å². The molecule has 10 heteroatoms. The van der Waals surface area contributed by atoms with Gasteiger partial charge in [0.1, 0.15) is 29.9 Å². The van der Waals surface area contributed by atoms with Crippen LogP contribution >= 0.6 is 0 Å². The first kappa shape index (κ1) is 32.3. The quantitative estimate of drug-likeness (QED) is 0.321. The molecule has 2 saturated heterocycles. The number of benzene rings is 1. The fourth-order valence-corrected chi connectivity index (χ4v) is 9.13. The Labute approximate surface area is 277 Å². The molecule has 2 unspecified atom stereocenters. The van der Waals surface area contributed by atoms with Crippen molar-refractivity contribution in [1.29, 1.82) is 0 Å². The Balaban J connectivity index is 1.25. The van der Waals surface area contributed by atoms with E-state index in [1.165, 1.54) is 6.42 Å². The van der Waals surface area contributed by atoms with Gasteiger partial charge in [0, 0.05) is 25.2 Å². The second-order valence-electron chi connectivity index (χ2n) is 14.9. The first-order chi connectivity index (χ1) is 22.8. The smallest absolute Gasteiger partial charge is 0.306 e. The highest BCUT2D eigenvalue weighted by Crippen LogP contribution is 2.58. The zero-order valence-electron chi connectivity index (χ0n) is 28.0. The molecule has 4 heterocycles. The number of aldehydes is 1. The number of aromatic nitrogens is 2. The average Bonchev–Trinajstić information content (AvgIpc) is 3.62. The van der Waals surface area contributed by atoms with E-state index in [2.05, 4.69) is 6.92 Å². The first-order valence-corrected chi connectivity index (χ1v) is 17.9. The van der Waals surface area contributed by atoms with Crippen molar-refractivity contribution in [3.63, 3.8) is 0 Å². The maximum absolute atomic E-state index is 14.7. The Morgan fingerprint density at radius 3 is 2.62 bits per heavy atom. The molecule has 4 fully saturated rings. The number of ether oxygens (including phenoxy) is 4. The minimum Gasteiger partial charge on any atom is -0.497 e. The molecule has 2 aromatic rings. The molecule has 8 atom stereocenters. The van der Waals surface area contributed by atoms with Gasteiger partial charge in [0.25, 0.3) is 0 Å². The van der Waals surface area contributed by atoms with E-state index in [0.717, 1.165) is 49.6 Å². The molecule has 2 aliphatic carbocycles. The van der Waals surface area contributed by atoms with Crippen LogP contribution in [0, 0.1) is 35.0 Å². The third-order valence-electron chi connectivity index (χ3n) is 12.1. The lowest BCUT2D eigenvalue weighted by Gasteiger charge is -2.41. The first-order valence-electron chi connectivity index (χ1n) is 17.9. The van der Waals surface area contributed by atoms with Gasteiger partial charge >= 0.3 is 5.97 Å². The molecule has 47 heavy (non-hydrogen) atoms. The van der Waals surface area contributed by atoms with Crippen molar-refractivity contribution in [2.45, 2.75) is 103 Å². The number of esters is 1. The summed E-state index contributed by atoms with van der Waals surface area (Å²) in [5, 5.41) is 0. The summed E-state index contributed by atoms with van der Waals surface area (Å²) in [6, 6.07) is 5.00. The van der Waals surface area contributed by atoms with E-state index in [9.17, 15) is 14.4 Å². The van der Waals surface area contributed by atoms with Crippen molar-refractivity contribution < 1.29 is 33.3 Å². The maximum Gasteiger partial charge on any atom is 0.306 e. The van der Waals surface area contributed by atoms with E-state index in [0.29, 0.717) is 73.8 Å². The number of hydrogen-bond donors (Lipinski definition) is 0. The molecule has 0 spiro atoms. The summed E-state index contributed by atoms with van der Waals surface area (Å²) in [6.45, 7) is 5.43. The Hall–Kier alpha value is -3.27. The standard InChI is InChI=1S/C37H49N3O7/c1-4-24-31(21-41)40-20-33(24)47-35-29(38-28-11-10-23(44-3)18-30(28)39-35)9-7-5-6-8-25-26-16-22(26)17-32(25)46-34(42)19-27(36(40)43)37(2)12-14-45-15-13-37/h10-11,18,21-22,24-27,31-33H,4-9,12-17,19-20H2,1-3H3/t22?,24-,25+,26?,27+,31+,32+,33-/m0/s1. The number of nitrogens with zero attached hydrogens (tertiary/aromatic N) is 3. The fraction of sp³-hybridized carbons (Fsp3) is 0.703. The zero-order chi connectivity index (χ0) is 32.7. The maximum atomic E-state index is 14.7. The highest BCUT2D eigenvalue weighted by molar-refractivity contribution is 5.87. The third kappa shape index (κ3) is 6.34. The third-order valence-corrected chi connectivity index (χ3v) is 12.1. The van der Waals surface area contributed by atoms with Crippen LogP contribution in [0.4, 0.5) is 0 Å². The molecule has 10 nitrogen and oxygen atoms in total. The molecule has 254 valence electrons. The topological polar surface area (TPSA) is 117 Å². The predicted molar refractivity (Wildman–Crippen MR) is 174 cm³/mol. The van der Waals surface area contributed by atoms with Gasteiger partial charge in [-0.25, -0.2) is 9.97 Å². The van der Waals surface area contributed by atoms with Crippen molar-refractivity contribution in [1.82, 2.24) is 14.9 Å². The van der Waals surface area contributed by atoms with Crippen LogP contribution in [0.5, 0.6) is 11.6 Å². The summed E-state index contributed by atoms with van der Waals surface area (Å²) in [7, 11) is 1.62. The van der Waals surface area contributed by atoms with Crippen molar-refractivity contribution >= 4 is 29.2 Å². The lowest BCUT2D eigenvalue weighted by atomic mass is 9.69. The largest absolute Gasteiger partial charge is 0.497 e. The summed E-state index contributed by atoms with van der Waals surface area (Å²) in [5.74, 6) is 1.53. The number of fused-ring (bicyclic) bond motifs is 7. The summed E-state index contributed by atoms with van der Waals surface area (Å²) in [5.41, 5.74) is 1.80. The van der Waals surface area contributed by atoms with Crippen LogP contribution in [0.1, 0.15) is 83.7 Å². The molecule has 2 saturated carbocycles. The van der Waals surface area contributed by atoms with Crippen molar-refractivity contribution in [3.05, 3.63) is 23.9 Å². The van der Waals surface area contributed by atoms with E-state index in [4.69, 9.17) is 28.9 Å². The van der Waals surface area contributed by atoms with Gasteiger partial charge in [-0.2, -0.15) is 0 Å². The summed E-state index contributed by atoms with van der Waals surface area (Å²) in [4.78, 5) is 52.8. The van der Waals surface area contributed by atoms with Crippen LogP contribution in [0.25, 0.3) is 11.0 Å². The monoisotopic (exact) mass is 647 g/mol. The van der Waals surface area contributed by atoms with E-state index < -0.39 is 23.5 Å². The van der Waals surface area contributed by atoms with Gasteiger partial charge in [-0.15, -0.1) is 0 Å². The number of aryl methyl sites for hydroxylation is 1. The van der Waals surface area contributed by atoms with E-state index in [-0.39, 0.29) is 36.9 Å². The highest BCUT2D eigenvalue weighted by atomic mass is 16.5. The summed E-state index contributed by atoms with van der Waals surface area (Å²) in [6.07, 6.45) is 9.31. The second kappa shape index (κ2) is 13.3. The SMILES string of the molecule is CC[C@@H]1[C@@H]2CN(C(=O)[C@H](C3(C)CCOCC3)CC(=O)O[C@@H]3CC4CC4[C@H]3CCCCCc3nc4ccc(OC)cc4nc3O2)[C@@H]1C=O. The van der Waals surface area contributed by atoms with Gasteiger partial charge in [0.15, 0.2) is 0 Å². The molecular formula is C37H49N3O7. The predicted octanol–water partition coefficient (Wildman–Crippen LogP) is 5.33. The number of carbonyl (C=O) groups is 3. The minimum absolute atomic E-state index is 0.0143. The van der Waals surface area contributed by atoms with Crippen LogP contribution in [-0.4, -0.2) is 78.1 Å². The molecule has 0 radical (unpaired) electrons. The average molecular weight is 648 g/mol. The lowest BCUT2D eigenvalue weighted by molar-refractivity contribution is -0.160. The summed E-state index contributed by atoms with van der Waals surface area (Å²) < 4.78 is 24.1. The summed E-state index contributed by atoms with van der Waals surface area (Å²) >= 11 is 0. The minimum atomic E-state index is -0.662. The normalized spacial score (nSPS) is 34.2. The van der Waals surface area contributed by atoms with Crippen LogP contribution in [-0.2, 0) is 30.3 Å². The number of rotatable bonds is 4. The number of methoxy groups -OCH3 is 1. The molecule has 1 aromatic carbocycles. The molecule has 7 rings (SSSR count). The van der Waals surface area contributed by atoms with Crippen LogP contribution in [0.2, 0.25) is 0 Å². The molecule has 1 aromatic heterocycles. The highest BCUT2D eigenvalue weighted by Gasteiger charge is 2.55. The van der Waals surface area contributed by atoms with Crippen molar-refractivity contribution in [3.8, 4) is 11.6 Å². The van der Waals surface area contributed by atoms with Crippen LogP contribution in [0.15, 0.2) is 18.2 Å². The molecular weight excluding hydrogens is 598 g/mol. The van der Waals surface area contributed by atoms with Crippen molar-refractivity contribution in [2.24, 2.45) is 35.0 Å². The van der Waals surface area contributed by atoms with Crippen molar-refractivity contribution in [2.75, 3.05) is 26.9 Å². The van der Waals surface area contributed by atoms with Gasteiger partial charge in [-0.05, 0) is 86.7 Å². The van der Waals surface area contributed by atoms with E-state index in [1.807, 2.05) is 25.1 Å². The Bertz CT molecular complexity index is 1490. The van der Waals surface area contributed by atoms with Gasteiger partial charge < -0.3 is 28.6 Å². The van der Waals surface area contributed by atoms with Crippen LogP contribution in [0.3, 0.4) is 0 Å². The fourth-order valence-electron chi connectivity index (χ4n) is 9.13. The zero-order valence-corrected chi connectivity index (χ0v) is 28.0. The van der Waals surface area contributed by atoms with E-state index in [1.54, 1.807) is 12.0 Å². The van der Waals surface area contributed by atoms with Crippen LogP contribution < -0.4 is 9.47 Å². The Morgan fingerprint density at radius 2 is 1.85 bits per heavy atom. The molecule has 2 bridgehead atoms. The molecule has 0 N–H and O–H groups in total. The number of carbonyl (C=O) groups excluding carboxylic acids is 3. The Kier molecular flexibility index (Phi) is 9.15. The lowest BCUT2D eigenvalue weighted by Crippen LogP contribution is -2.49. The number of hydrogen-bond acceptors (Lipinski definition) is 9. The second-order valence-corrected chi connectivity index (χ2v) is 14.9. The Morgan fingerprint density at radius 1 is 1.02 bits per heavy atom. The molecule has 1 amide bonds. The number of amides is 1.